The molecule has 5 heteroatoms. The third-order valence-corrected chi connectivity index (χ3v) is 3.57. The molecule has 0 unspecified atom stereocenters. The zero-order valence-corrected chi connectivity index (χ0v) is 14.1. The first kappa shape index (κ1) is 17.5. The molecular formula is C19H22N4O. The van der Waals surface area contributed by atoms with Crippen LogP contribution in [0.25, 0.3) is 0 Å². The van der Waals surface area contributed by atoms with E-state index < -0.39 is 0 Å². The highest BCUT2D eigenvalue weighted by molar-refractivity contribution is 5.95. The summed E-state index contributed by atoms with van der Waals surface area (Å²) in [5.74, 6) is 0.641. The fourth-order valence-electron chi connectivity index (χ4n) is 2.45. The maximum atomic E-state index is 12.6. The van der Waals surface area contributed by atoms with Crippen LogP contribution in [0.1, 0.15) is 42.6 Å². The van der Waals surface area contributed by atoms with E-state index in [-0.39, 0.29) is 5.91 Å². The Morgan fingerprint density at radius 1 is 1.17 bits per heavy atom. The SMILES string of the molecule is CCCN(CCC)C(=O)c1ccnc(Nc2ccc(C#N)cc2)c1. The molecular weight excluding hydrogens is 300 g/mol. The minimum atomic E-state index is 0.0315. The molecule has 1 N–H and O–H groups in total. The highest BCUT2D eigenvalue weighted by Crippen LogP contribution is 2.17. The second-order valence-corrected chi connectivity index (χ2v) is 5.54. The van der Waals surface area contributed by atoms with Gasteiger partial charge in [-0.2, -0.15) is 5.26 Å². The Labute approximate surface area is 142 Å². The van der Waals surface area contributed by atoms with Crippen LogP contribution in [0.4, 0.5) is 11.5 Å². The summed E-state index contributed by atoms with van der Waals surface area (Å²) >= 11 is 0. The van der Waals surface area contributed by atoms with E-state index in [0.29, 0.717) is 16.9 Å². The third kappa shape index (κ3) is 4.56. The highest BCUT2D eigenvalue weighted by atomic mass is 16.2. The second kappa shape index (κ2) is 8.68. The maximum absolute atomic E-state index is 12.6. The number of nitrogens with one attached hydrogen (secondary N) is 1. The van der Waals surface area contributed by atoms with Gasteiger partial charge in [0.2, 0.25) is 0 Å². The average Bonchev–Trinajstić information content (AvgIpc) is 2.62. The lowest BCUT2D eigenvalue weighted by atomic mass is 10.2. The van der Waals surface area contributed by atoms with Crippen molar-refractivity contribution < 1.29 is 4.79 Å². The zero-order valence-electron chi connectivity index (χ0n) is 14.1. The Morgan fingerprint density at radius 3 is 2.42 bits per heavy atom. The predicted molar refractivity (Wildman–Crippen MR) is 95.2 cm³/mol. The van der Waals surface area contributed by atoms with Gasteiger partial charge in [0, 0.05) is 30.5 Å². The molecule has 124 valence electrons. The number of anilines is 2. The molecule has 1 aromatic heterocycles. The van der Waals surface area contributed by atoms with Gasteiger partial charge in [-0.15, -0.1) is 0 Å². The molecule has 0 bridgehead atoms. The molecule has 24 heavy (non-hydrogen) atoms. The van der Waals surface area contributed by atoms with Crippen molar-refractivity contribution in [3.05, 3.63) is 53.7 Å². The van der Waals surface area contributed by atoms with Gasteiger partial charge < -0.3 is 10.2 Å². The van der Waals surface area contributed by atoms with Crippen molar-refractivity contribution in [2.24, 2.45) is 0 Å². The summed E-state index contributed by atoms with van der Waals surface area (Å²) in [7, 11) is 0. The Kier molecular flexibility index (Phi) is 6.32. The molecule has 0 fully saturated rings. The molecule has 2 rings (SSSR count). The van der Waals surface area contributed by atoms with E-state index in [2.05, 4.69) is 30.2 Å². The van der Waals surface area contributed by atoms with Crippen molar-refractivity contribution >= 4 is 17.4 Å². The van der Waals surface area contributed by atoms with Crippen molar-refractivity contribution in [1.29, 1.82) is 5.26 Å². The van der Waals surface area contributed by atoms with Gasteiger partial charge in [-0.1, -0.05) is 13.8 Å². The van der Waals surface area contributed by atoms with Crippen LogP contribution in [0.3, 0.4) is 0 Å². The molecule has 0 saturated carbocycles. The first-order valence-electron chi connectivity index (χ1n) is 8.20. The van der Waals surface area contributed by atoms with Gasteiger partial charge in [0.15, 0.2) is 0 Å². The van der Waals surface area contributed by atoms with Gasteiger partial charge in [0.05, 0.1) is 11.6 Å². The van der Waals surface area contributed by atoms with Gasteiger partial charge in [-0.25, -0.2) is 4.98 Å². The van der Waals surface area contributed by atoms with Gasteiger partial charge >= 0.3 is 0 Å². The Morgan fingerprint density at radius 2 is 1.83 bits per heavy atom. The summed E-state index contributed by atoms with van der Waals surface area (Å²) in [5, 5.41) is 12.0. The summed E-state index contributed by atoms with van der Waals surface area (Å²) in [6.45, 7) is 5.65. The van der Waals surface area contributed by atoms with E-state index in [0.717, 1.165) is 31.6 Å². The normalized spacial score (nSPS) is 10.0. The number of benzene rings is 1. The van der Waals surface area contributed by atoms with E-state index in [1.807, 2.05) is 17.0 Å². The quantitative estimate of drug-likeness (QED) is 0.837. The van der Waals surface area contributed by atoms with Crippen LogP contribution in [0.2, 0.25) is 0 Å². The molecule has 0 saturated heterocycles. The molecule has 0 spiro atoms. The van der Waals surface area contributed by atoms with E-state index in [1.165, 1.54) is 0 Å². The smallest absolute Gasteiger partial charge is 0.254 e. The number of hydrogen-bond acceptors (Lipinski definition) is 4. The van der Waals surface area contributed by atoms with Crippen LogP contribution >= 0.6 is 0 Å². The van der Waals surface area contributed by atoms with Crippen molar-refractivity contribution in [2.75, 3.05) is 18.4 Å². The van der Waals surface area contributed by atoms with Crippen LogP contribution < -0.4 is 5.32 Å². The monoisotopic (exact) mass is 322 g/mol. The molecule has 1 amide bonds. The lowest BCUT2D eigenvalue weighted by molar-refractivity contribution is 0.0755. The molecule has 0 aliphatic rings. The van der Waals surface area contributed by atoms with E-state index >= 15 is 0 Å². The first-order chi connectivity index (χ1) is 11.7. The molecule has 1 aromatic carbocycles. The molecule has 0 atom stereocenters. The van der Waals surface area contributed by atoms with Crippen LogP contribution in [0, 0.1) is 11.3 Å². The topological polar surface area (TPSA) is 69.0 Å². The number of carbonyl (C=O) groups excluding carboxylic acids is 1. The lowest BCUT2D eigenvalue weighted by Gasteiger charge is -2.21. The standard InChI is InChI=1S/C19H22N4O/c1-3-11-23(12-4-2)19(24)16-9-10-21-18(13-16)22-17-7-5-15(14-20)6-8-17/h5-10,13H,3-4,11-12H2,1-2H3,(H,21,22). The van der Waals surface area contributed by atoms with Crippen LogP contribution in [0.15, 0.2) is 42.6 Å². The van der Waals surface area contributed by atoms with E-state index in [4.69, 9.17) is 5.26 Å². The molecule has 1 heterocycles. The fraction of sp³-hybridized carbons (Fsp3) is 0.316. The minimum absolute atomic E-state index is 0.0315. The summed E-state index contributed by atoms with van der Waals surface area (Å²) in [4.78, 5) is 18.8. The maximum Gasteiger partial charge on any atom is 0.254 e. The molecule has 0 radical (unpaired) electrons. The Hall–Kier alpha value is -2.87. The largest absolute Gasteiger partial charge is 0.340 e. The number of rotatable bonds is 7. The van der Waals surface area contributed by atoms with Gasteiger partial charge in [0.25, 0.3) is 5.91 Å². The van der Waals surface area contributed by atoms with E-state index in [9.17, 15) is 4.79 Å². The summed E-state index contributed by atoms with van der Waals surface area (Å²) in [6, 6.07) is 12.7. The zero-order chi connectivity index (χ0) is 17.4. The van der Waals surface area contributed by atoms with Crippen molar-refractivity contribution in [2.45, 2.75) is 26.7 Å². The minimum Gasteiger partial charge on any atom is -0.340 e. The summed E-state index contributed by atoms with van der Waals surface area (Å²) in [5.41, 5.74) is 2.06. The van der Waals surface area contributed by atoms with Crippen molar-refractivity contribution in [1.82, 2.24) is 9.88 Å². The third-order valence-electron chi connectivity index (χ3n) is 3.57. The number of nitrogens with zero attached hydrogens (tertiary/aromatic N) is 3. The predicted octanol–water partition coefficient (Wildman–Crippen LogP) is 3.96. The summed E-state index contributed by atoms with van der Waals surface area (Å²) < 4.78 is 0. The number of amides is 1. The van der Waals surface area contributed by atoms with Crippen LogP contribution in [-0.2, 0) is 0 Å². The lowest BCUT2D eigenvalue weighted by Crippen LogP contribution is -2.32. The number of hydrogen-bond donors (Lipinski definition) is 1. The Balaban J connectivity index is 2.15. The van der Waals surface area contributed by atoms with E-state index in [1.54, 1.807) is 30.5 Å². The van der Waals surface area contributed by atoms with Gasteiger partial charge in [0.1, 0.15) is 5.82 Å². The van der Waals surface area contributed by atoms with Crippen LogP contribution in [-0.4, -0.2) is 28.9 Å². The Bertz CT molecular complexity index is 713. The molecule has 0 aliphatic heterocycles. The molecule has 2 aromatic rings. The highest BCUT2D eigenvalue weighted by Gasteiger charge is 2.14. The number of aromatic nitrogens is 1. The average molecular weight is 322 g/mol. The van der Waals surface area contributed by atoms with Gasteiger partial charge in [-0.05, 0) is 49.2 Å². The summed E-state index contributed by atoms with van der Waals surface area (Å²) in [6.07, 6.45) is 3.51. The van der Waals surface area contributed by atoms with Crippen molar-refractivity contribution in [3.8, 4) is 6.07 Å². The number of pyridine rings is 1. The molecule has 5 nitrogen and oxygen atoms in total. The second-order valence-electron chi connectivity index (χ2n) is 5.54. The van der Waals surface area contributed by atoms with Gasteiger partial charge in [-0.3, -0.25) is 4.79 Å². The molecule has 0 aliphatic carbocycles. The number of carbonyl (C=O) groups is 1. The number of nitriles is 1. The first-order valence-corrected chi connectivity index (χ1v) is 8.20. The van der Waals surface area contributed by atoms with Crippen molar-refractivity contribution in [3.63, 3.8) is 0 Å². The fourth-order valence-corrected chi connectivity index (χ4v) is 2.45. The van der Waals surface area contributed by atoms with Crippen LogP contribution in [0.5, 0.6) is 0 Å².